The number of hydrogen-bond acceptors (Lipinski definition) is 3. The summed E-state index contributed by atoms with van der Waals surface area (Å²) in [4.78, 5) is 4.76. The van der Waals surface area contributed by atoms with Crippen molar-refractivity contribution in [1.82, 2.24) is 20.1 Å². The molecule has 0 fully saturated rings. The highest BCUT2D eigenvalue weighted by Crippen LogP contribution is 2.18. The summed E-state index contributed by atoms with van der Waals surface area (Å²) in [6.45, 7) is 12.4. The minimum atomic E-state index is 0.410. The number of nitrogens with zero attached hydrogens (tertiary/aromatic N) is 3. The lowest BCUT2D eigenvalue weighted by Gasteiger charge is -2.12. The zero-order valence-electron chi connectivity index (χ0n) is 13.1. The van der Waals surface area contributed by atoms with Gasteiger partial charge in [-0.25, -0.2) is 9.67 Å². The van der Waals surface area contributed by atoms with E-state index in [2.05, 4.69) is 56.3 Å². The molecule has 0 radical (unpaired) electrons. The van der Waals surface area contributed by atoms with Crippen molar-refractivity contribution in [1.29, 1.82) is 0 Å². The first-order valence-electron chi connectivity index (χ1n) is 7.26. The van der Waals surface area contributed by atoms with Gasteiger partial charge in [-0.2, -0.15) is 5.10 Å². The second kappa shape index (κ2) is 6.18. The summed E-state index contributed by atoms with van der Waals surface area (Å²) in [5.74, 6) is 1.32. The third-order valence-corrected chi connectivity index (χ3v) is 3.29. The van der Waals surface area contributed by atoms with Gasteiger partial charge >= 0.3 is 0 Å². The van der Waals surface area contributed by atoms with Crippen molar-refractivity contribution in [2.24, 2.45) is 0 Å². The summed E-state index contributed by atoms with van der Waals surface area (Å²) in [6, 6.07) is 6.38. The van der Waals surface area contributed by atoms with Crippen LogP contribution in [0.4, 0.5) is 0 Å². The summed E-state index contributed by atoms with van der Waals surface area (Å²) in [7, 11) is 0. The van der Waals surface area contributed by atoms with Gasteiger partial charge in [-0.1, -0.05) is 20.8 Å². The van der Waals surface area contributed by atoms with Gasteiger partial charge < -0.3 is 5.32 Å². The molecule has 4 nitrogen and oxygen atoms in total. The molecule has 0 aromatic carbocycles. The van der Waals surface area contributed by atoms with E-state index in [1.54, 1.807) is 0 Å². The van der Waals surface area contributed by atoms with Crippen molar-refractivity contribution in [3.05, 3.63) is 40.8 Å². The zero-order chi connectivity index (χ0) is 14.7. The molecule has 1 N–H and O–H groups in total. The van der Waals surface area contributed by atoms with Gasteiger partial charge in [-0.15, -0.1) is 0 Å². The van der Waals surface area contributed by atoms with Gasteiger partial charge in [-0.3, -0.25) is 0 Å². The maximum Gasteiger partial charge on any atom is 0.154 e. The Morgan fingerprint density at radius 2 is 1.95 bits per heavy atom. The number of pyridine rings is 1. The van der Waals surface area contributed by atoms with Crippen LogP contribution in [-0.4, -0.2) is 21.3 Å². The first-order chi connectivity index (χ1) is 9.51. The lowest BCUT2D eigenvalue weighted by Crippen LogP contribution is -2.14. The molecule has 0 saturated heterocycles. The van der Waals surface area contributed by atoms with Crippen molar-refractivity contribution in [3.8, 4) is 5.82 Å². The number of hydrogen-bond donors (Lipinski definition) is 1. The van der Waals surface area contributed by atoms with Gasteiger partial charge in [0.25, 0.3) is 0 Å². The zero-order valence-corrected chi connectivity index (χ0v) is 13.1. The normalized spacial score (nSPS) is 11.3. The second-order valence-electron chi connectivity index (χ2n) is 5.53. The van der Waals surface area contributed by atoms with Crippen molar-refractivity contribution in [3.63, 3.8) is 0 Å². The van der Waals surface area contributed by atoms with Crippen LogP contribution < -0.4 is 5.32 Å². The molecule has 0 aliphatic rings. The minimum absolute atomic E-state index is 0.410. The van der Waals surface area contributed by atoms with E-state index < -0.39 is 0 Å². The monoisotopic (exact) mass is 272 g/mol. The van der Waals surface area contributed by atoms with Crippen molar-refractivity contribution in [2.45, 2.75) is 47.1 Å². The van der Waals surface area contributed by atoms with Crippen LogP contribution in [0.1, 0.15) is 49.3 Å². The predicted octanol–water partition coefficient (Wildman–Crippen LogP) is 3.12. The topological polar surface area (TPSA) is 42.7 Å². The smallest absolute Gasteiger partial charge is 0.154 e. The lowest BCUT2D eigenvalue weighted by molar-refractivity contribution is 0.712. The molecule has 20 heavy (non-hydrogen) atoms. The molecular weight excluding hydrogens is 248 g/mol. The first-order valence-corrected chi connectivity index (χ1v) is 7.26. The predicted molar refractivity (Wildman–Crippen MR) is 82.3 cm³/mol. The highest BCUT2D eigenvalue weighted by atomic mass is 15.3. The average molecular weight is 272 g/mol. The summed E-state index contributed by atoms with van der Waals surface area (Å²) in [5.41, 5.74) is 4.51. The van der Waals surface area contributed by atoms with Gasteiger partial charge in [0.1, 0.15) is 0 Å². The number of aryl methyl sites for hydroxylation is 2. The molecule has 108 valence electrons. The fourth-order valence-electron chi connectivity index (χ4n) is 2.23. The van der Waals surface area contributed by atoms with E-state index in [0.717, 1.165) is 36.0 Å². The van der Waals surface area contributed by atoms with Gasteiger partial charge in [0.2, 0.25) is 0 Å². The maximum absolute atomic E-state index is 4.76. The van der Waals surface area contributed by atoms with Crippen molar-refractivity contribution < 1.29 is 0 Å². The Hall–Kier alpha value is -1.68. The van der Waals surface area contributed by atoms with E-state index in [4.69, 9.17) is 4.98 Å². The fourth-order valence-corrected chi connectivity index (χ4v) is 2.23. The van der Waals surface area contributed by atoms with E-state index in [0.29, 0.717) is 5.92 Å². The number of nitrogens with one attached hydrogen (secondary N) is 1. The highest BCUT2D eigenvalue weighted by molar-refractivity contribution is 5.33. The molecular formula is C16H24N4. The molecule has 0 bridgehead atoms. The SMILES string of the molecule is CCNCc1cc(C(C)C)nc(-n2nc(C)cc2C)c1. The van der Waals surface area contributed by atoms with Gasteiger partial charge in [0.05, 0.1) is 5.69 Å². The quantitative estimate of drug-likeness (QED) is 0.909. The Morgan fingerprint density at radius 3 is 2.50 bits per heavy atom. The van der Waals surface area contributed by atoms with Crippen LogP contribution in [0.15, 0.2) is 18.2 Å². The molecule has 0 aliphatic heterocycles. The third-order valence-electron chi connectivity index (χ3n) is 3.29. The van der Waals surface area contributed by atoms with Crippen LogP contribution in [0.5, 0.6) is 0 Å². The van der Waals surface area contributed by atoms with Crippen LogP contribution in [0.2, 0.25) is 0 Å². The van der Waals surface area contributed by atoms with Crippen molar-refractivity contribution >= 4 is 0 Å². The largest absolute Gasteiger partial charge is 0.313 e. The maximum atomic E-state index is 4.76. The van der Waals surface area contributed by atoms with E-state index >= 15 is 0 Å². The van der Waals surface area contributed by atoms with Crippen LogP contribution in [0.3, 0.4) is 0 Å². The summed E-state index contributed by atoms with van der Waals surface area (Å²) in [5, 5.41) is 7.91. The molecule has 2 heterocycles. The summed E-state index contributed by atoms with van der Waals surface area (Å²) in [6.07, 6.45) is 0. The molecule has 0 aliphatic carbocycles. The van der Waals surface area contributed by atoms with E-state index in [9.17, 15) is 0 Å². The van der Waals surface area contributed by atoms with E-state index in [1.165, 1.54) is 5.56 Å². The molecule has 0 saturated carbocycles. The van der Waals surface area contributed by atoms with Gasteiger partial charge in [0, 0.05) is 17.9 Å². The Bertz CT molecular complexity index is 584. The van der Waals surface area contributed by atoms with Crippen LogP contribution in [0, 0.1) is 13.8 Å². The molecule has 0 amide bonds. The Labute approximate surface area is 121 Å². The van der Waals surface area contributed by atoms with Crippen LogP contribution in [-0.2, 0) is 6.54 Å². The molecule has 2 aromatic rings. The average Bonchev–Trinajstić information content (AvgIpc) is 2.75. The van der Waals surface area contributed by atoms with Gasteiger partial charge in [0.15, 0.2) is 5.82 Å². The highest BCUT2D eigenvalue weighted by Gasteiger charge is 2.10. The summed E-state index contributed by atoms with van der Waals surface area (Å²) < 4.78 is 1.93. The number of aromatic nitrogens is 3. The Balaban J connectivity index is 2.46. The molecule has 4 heteroatoms. The van der Waals surface area contributed by atoms with Crippen molar-refractivity contribution in [2.75, 3.05) is 6.54 Å². The minimum Gasteiger partial charge on any atom is -0.313 e. The fraction of sp³-hybridized carbons (Fsp3) is 0.500. The molecule has 2 aromatic heterocycles. The van der Waals surface area contributed by atoms with E-state index in [1.807, 2.05) is 11.6 Å². The molecule has 2 rings (SSSR count). The van der Waals surface area contributed by atoms with Crippen LogP contribution >= 0.6 is 0 Å². The molecule has 0 spiro atoms. The molecule has 0 unspecified atom stereocenters. The van der Waals surface area contributed by atoms with E-state index in [-0.39, 0.29) is 0 Å². The Morgan fingerprint density at radius 1 is 1.20 bits per heavy atom. The number of rotatable bonds is 5. The standard InChI is InChI=1S/C16H24N4/c1-6-17-10-14-8-15(11(2)3)18-16(9-14)20-13(5)7-12(4)19-20/h7-9,11,17H,6,10H2,1-5H3. The van der Waals surface area contributed by atoms with Gasteiger partial charge in [-0.05, 0) is 50.1 Å². The second-order valence-corrected chi connectivity index (χ2v) is 5.53. The Kier molecular flexibility index (Phi) is 4.55. The lowest BCUT2D eigenvalue weighted by atomic mass is 10.1. The first kappa shape index (κ1) is 14.7. The summed E-state index contributed by atoms with van der Waals surface area (Å²) >= 11 is 0. The third kappa shape index (κ3) is 3.25. The molecule has 0 atom stereocenters. The van der Waals surface area contributed by atoms with Crippen LogP contribution in [0.25, 0.3) is 5.82 Å².